The molecule has 1 aromatic rings. The van der Waals surface area contributed by atoms with Crippen molar-refractivity contribution in [1.82, 2.24) is 4.90 Å². The summed E-state index contributed by atoms with van der Waals surface area (Å²) in [4.78, 5) is 13.7. The maximum Gasteiger partial charge on any atom is 0.254 e. The van der Waals surface area contributed by atoms with Crippen molar-refractivity contribution >= 4 is 39.1 Å². The highest BCUT2D eigenvalue weighted by Gasteiger charge is 2.28. The molecule has 0 aliphatic heterocycles. The predicted molar refractivity (Wildman–Crippen MR) is 84.3 cm³/mol. The SMILES string of the molecule is CCC(C)(C)N(C)C(=O)c1cc(Cl)c(Cl)c(S(N)(=O)=O)c1. The molecule has 118 valence electrons. The van der Waals surface area contributed by atoms with E-state index >= 15 is 0 Å². The van der Waals surface area contributed by atoms with E-state index in [9.17, 15) is 13.2 Å². The molecule has 0 fully saturated rings. The van der Waals surface area contributed by atoms with Crippen LogP contribution in [0.25, 0.3) is 0 Å². The zero-order valence-corrected chi connectivity index (χ0v) is 14.6. The molecule has 0 saturated carbocycles. The minimum absolute atomic E-state index is 0.0331. The summed E-state index contributed by atoms with van der Waals surface area (Å²) in [5.41, 5.74) is -0.261. The van der Waals surface area contributed by atoms with Crippen molar-refractivity contribution in [3.63, 3.8) is 0 Å². The summed E-state index contributed by atoms with van der Waals surface area (Å²) in [5.74, 6) is -0.356. The van der Waals surface area contributed by atoms with Gasteiger partial charge in [-0.2, -0.15) is 0 Å². The van der Waals surface area contributed by atoms with Gasteiger partial charge >= 0.3 is 0 Å². The van der Waals surface area contributed by atoms with Crippen LogP contribution in [-0.2, 0) is 10.0 Å². The lowest BCUT2D eigenvalue weighted by molar-refractivity contribution is 0.0620. The number of halogens is 2. The molecule has 1 amide bonds. The molecule has 8 heteroatoms. The Morgan fingerprint density at radius 1 is 1.33 bits per heavy atom. The summed E-state index contributed by atoms with van der Waals surface area (Å²) in [5, 5.41) is 4.87. The number of hydrogen-bond acceptors (Lipinski definition) is 3. The Bertz CT molecular complexity index is 672. The van der Waals surface area contributed by atoms with Crippen molar-refractivity contribution in [2.75, 3.05) is 7.05 Å². The van der Waals surface area contributed by atoms with Crippen LogP contribution >= 0.6 is 23.2 Å². The monoisotopic (exact) mass is 352 g/mol. The van der Waals surface area contributed by atoms with Gasteiger partial charge < -0.3 is 4.90 Å². The fraction of sp³-hybridized carbons (Fsp3) is 0.462. The highest BCUT2D eigenvalue weighted by Crippen LogP contribution is 2.31. The molecule has 0 aromatic heterocycles. The first-order valence-electron chi connectivity index (χ1n) is 6.22. The number of amides is 1. The van der Waals surface area contributed by atoms with Gasteiger partial charge in [-0.25, -0.2) is 13.6 Å². The third-order valence-corrected chi connectivity index (χ3v) is 5.48. The first kappa shape index (κ1) is 18.2. The van der Waals surface area contributed by atoms with Crippen LogP contribution in [0.3, 0.4) is 0 Å². The maximum atomic E-state index is 12.5. The zero-order valence-electron chi connectivity index (χ0n) is 12.3. The number of hydrogen-bond donors (Lipinski definition) is 1. The van der Waals surface area contributed by atoms with Gasteiger partial charge in [0.05, 0.1) is 10.0 Å². The Labute approximate surface area is 135 Å². The van der Waals surface area contributed by atoms with E-state index in [0.717, 1.165) is 12.5 Å². The van der Waals surface area contributed by atoms with Gasteiger partial charge in [0, 0.05) is 18.2 Å². The third-order valence-electron chi connectivity index (χ3n) is 3.63. The minimum atomic E-state index is -4.07. The molecule has 0 unspecified atom stereocenters. The van der Waals surface area contributed by atoms with Crippen molar-refractivity contribution in [3.8, 4) is 0 Å². The quantitative estimate of drug-likeness (QED) is 0.904. The number of sulfonamides is 1. The molecule has 0 saturated heterocycles. The van der Waals surface area contributed by atoms with E-state index in [0.29, 0.717) is 0 Å². The van der Waals surface area contributed by atoms with Gasteiger partial charge in [-0.3, -0.25) is 4.79 Å². The number of primary sulfonamides is 1. The van der Waals surface area contributed by atoms with Crippen LogP contribution in [0.2, 0.25) is 10.0 Å². The minimum Gasteiger partial charge on any atom is -0.337 e. The molecule has 0 heterocycles. The van der Waals surface area contributed by atoms with E-state index in [1.165, 1.54) is 11.0 Å². The fourth-order valence-corrected chi connectivity index (χ4v) is 2.96. The molecule has 0 aliphatic rings. The van der Waals surface area contributed by atoms with Crippen LogP contribution in [0.15, 0.2) is 17.0 Å². The normalized spacial score (nSPS) is 12.3. The molecule has 5 nitrogen and oxygen atoms in total. The van der Waals surface area contributed by atoms with E-state index in [2.05, 4.69) is 0 Å². The average Bonchev–Trinajstić information content (AvgIpc) is 2.38. The van der Waals surface area contributed by atoms with Gasteiger partial charge in [0.2, 0.25) is 10.0 Å². The topological polar surface area (TPSA) is 80.5 Å². The van der Waals surface area contributed by atoms with Crippen LogP contribution in [0, 0.1) is 0 Å². The van der Waals surface area contributed by atoms with E-state index < -0.39 is 10.0 Å². The zero-order chi connectivity index (χ0) is 16.6. The van der Waals surface area contributed by atoms with Crippen LogP contribution in [-0.4, -0.2) is 31.8 Å². The second-order valence-corrected chi connectivity index (χ2v) is 7.66. The van der Waals surface area contributed by atoms with Crippen LogP contribution < -0.4 is 5.14 Å². The number of benzene rings is 1. The number of rotatable bonds is 4. The number of nitrogens with zero attached hydrogens (tertiary/aromatic N) is 1. The predicted octanol–water partition coefficient (Wildman–Crippen LogP) is 2.90. The molecule has 0 spiro atoms. The molecule has 0 bridgehead atoms. The Morgan fingerprint density at radius 2 is 1.86 bits per heavy atom. The van der Waals surface area contributed by atoms with Crippen molar-refractivity contribution in [2.24, 2.45) is 5.14 Å². The molecule has 0 radical (unpaired) electrons. The van der Waals surface area contributed by atoms with Gasteiger partial charge in [0.25, 0.3) is 5.91 Å². The van der Waals surface area contributed by atoms with Crippen LogP contribution in [0.4, 0.5) is 0 Å². The lowest BCUT2D eigenvalue weighted by atomic mass is 9.99. The first-order valence-corrected chi connectivity index (χ1v) is 8.52. The van der Waals surface area contributed by atoms with Crippen molar-refractivity contribution in [1.29, 1.82) is 0 Å². The van der Waals surface area contributed by atoms with Crippen molar-refractivity contribution in [3.05, 3.63) is 27.7 Å². The van der Waals surface area contributed by atoms with Crippen LogP contribution in [0.5, 0.6) is 0 Å². The van der Waals surface area contributed by atoms with Gasteiger partial charge in [0.1, 0.15) is 4.90 Å². The van der Waals surface area contributed by atoms with E-state index in [-0.39, 0.29) is 32.0 Å². The Hall–Kier alpha value is -0.820. The molecule has 0 atom stereocenters. The summed E-state index contributed by atoms with van der Waals surface area (Å²) in [6, 6.07) is 2.48. The molecule has 21 heavy (non-hydrogen) atoms. The summed E-state index contributed by atoms with van der Waals surface area (Å²) < 4.78 is 23.0. The largest absolute Gasteiger partial charge is 0.337 e. The highest BCUT2D eigenvalue weighted by atomic mass is 35.5. The maximum absolute atomic E-state index is 12.5. The molecule has 1 aromatic carbocycles. The Balaban J connectivity index is 3.40. The van der Waals surface area contributed by atoms with Gasteiger partial charge in [-0.1, -0.05) is 30.1 Å². The van der Waals surface area contributed by atoms with E-state index in [4.69, 9.17) is 28.3 Å². The summed E-state index contributed by atoms with van der Waals surface area (Å²) in [6.07, 6.45) is 0.735. The Morgan fingerprint density at radius 3 is 2.29 bits per heavy atom. The molecule has 1 rings (SSSR count). The molecule has 2 N–H and O–H groups in total. The molecular formula is C13H18Cl2N2O3S. The van der Waals surface area contributed by atoms with E-state index in [1.807, 2.05) is 20.8 Å². The summed E-state index contributed by atoms with van der Waals surface area (Å²) in [7, 11) is -2.42. The fourth-order valence-electron chi connectivity index (χ4n) is 1.60. The van der Waals surface area contributed by atoms with Crippen LogP contribution in [0.1, 0.15) is 37.6 Å². The van der Waals surface area contributed by atoms with Gasteiger partial charge in [-0.05, 0) is 32.4 Å². The summed E-state index contributed by atoms with van der Waals surface area (Å²) in [6.45, 7) is 5.76. The second-order valence-electron chi connectivity index (χ2n) is 5.35. The van der Waals surface area contributed by atoms with Gasteiger partial charge in [0.15, 0.2) is 0 Å². The number of carbonyl (C=O) groups excluding carboxylic acids is 1. The standard InChI is InChI=1S/C13H18Cl2N2O3S/c1-5-13(2,3)17(4)12(18)8-6-9(14)11(15)10(7-8)21(16,19)20/h6-7H,5H2,1-4H3,(H2,16,19,20). The van der Waals surface area contributed by atoms with Crippen molar-refractivity contribution < 1.29 is 13.2 Å². The van der Waals surface area contributed by atoms with Crippen molar-refractivity contribution in [2.45, 2.75) is 37.6 Å². The molecule has 0 aliphatic carbocycles. The number of carbonyl (C=O) groups is 1. The first-order chi connectivity index (χ1) is 9.41. The second kappa shape index (κ2) is 6.12. The Kier molecular flexibility index (Phi) is 5.31. The van der Waals surface area contributed by atoms with E-state index in [1.54, 1.807) is 7.05 Å². The lowest BCUT2D eigenvalue weighted by Gasteiger charge is -2.35. The smallest absolute Gasteiger partial charge is 0.254 e. The molecular weight excluding hydrogens is 335 g/mol. The summed E-state index contributed by atoms with van der Waals surface area (Å²) >= 11 is 11.7. The highest BCUT2D eigenvalue weighted by molar-refractivity contribution is 7.89. The average molecular weight is 353 g/mol. The van der Waals surface area contributed by atoms with Gasteiger partial charge in [-0.15, -0.1) is 0 Å². The third kappa shape index (κ3) is 3.88. The lowest BCUT2D eigenvalue weighted by Crippen LogP contribution is -2.44. The number of nitrogens with two attached hydrogens (primary N) is 1.